The molecule has 1 aromatic carbocycles. The topological polar surface area (TPSA) is 47.3 Å². The second-order valence-corrected chi connectivity index (χ2v) is 3.09. The third kappa shape index (κ3) is 1.49. The Balaban J connectivity index is 2.44. The summed E-state index contributed by atoms with van der Waals surface area (Å²) in [6.07, 6.45) is 0. The normalized spacial score (nSPS) is 11.0. The number of rotatable bonds is 3. The van der Waals surface area contributed by atoms with E-state index in [9.17, 15) is 0 Å². The number of nitrogens with one attached hydrogen (secondary N) is 1. The van der Waals surface area contributed by atoms with Gasteiger partial charge in [-0.15, -0.1) is 0 Å². The van der Waals surface area contributed by atoms with Crippen LogP contribution in [-0.2, 0) is 11.4 Å². The minimum Gasteiger partial charge on any atom is -0.356 e. The van der Waals surface area contributed by atoms with Gasteiger partial charge in [-0.2, -0.15) is 5.48 Å². The van der Waals surface area contributed by atoms with E-state index in [1.807, 2.05) is 25.1 Å². The van der Waals surface area contributed by atoms with E-state index in [0.717, 1.165) is 22.2 Å². The maximum atomic E-state index is 5.23. The lowest BCUT2D eigenvalue weighted by atomic mass is 10.1. The van der Waals surface area contributed by atoms with Gasteiger partial charge in [0, 0.05) is 17.5 Å². The van der Waals surface area contributed by atoms with Gasteiger partial charge in [0.2, 0.25) is 0 Å². The number of hydrogen-bond acceptors (Lipinski definition) is 4. The van der Waals surface area contributed by atoms with Crippen molar-refractivity contribution in [3.63, 3.8) is 0 Å². The molecule has 0 radical (unpaired) electrons. The van der Waals surface area contributed by atoms with Gasteiger partial charge < -0.3 is 9.36 Å². The average Bonchev–Trinajstić information content (AvgIpc) is 2.58. The Kier molecular flexibility index (Phi) is 2.47. The number of hydroxylamine groups is 1. The van der Waals surface area contributed by atoms with Gasteiger partial charge in [-0.05, 0) is 13.0 Å². The number of para-hydroxylation sites is 1. The first-order chi connectivity index (χ1) is 6.83. The lowest BCUT2D eigenvalue weighted by molar-refractivity contribution is 0.0867. The number of aromatic nitrogens is 1. The van der Waals surface area contributed by atoms with Crippen LogP contribution in [-0.4, -0.2) is 12.3 Å². The fourth-order valence-corrected chi connectivity index (χ4v) is 1.43. The van der Waals surface area contributed by atoms with E-state index in [1.165, 1.54) is 0 Å². The molecule has 0 spiro atoms. The van der Waals surface area contributed by atoms with Crippen LogP contribution in [0.15, 0.2) is 22.7 Å². The second kappa shape index (κ2) is 3.77. The van der Waals surface area contributed by atoms with Crippen molar-refractivity contribution in [3.05, 3.63) is 29.5 Å². The summed E-state index contributed by atoms with van der Waals surface area (Å²) in [5.41, 5.74) is 5.57. The Morgan fingerprint density at radius 2 is 2.36 bits per heavy atom. The number of aryl methyl sites for hydroxylation is 1. The quantitative estimate of drug-likeness (QED) is 0.753. The molecule has 4 nitrogen and oxygen atoms in total. The summed E-state index contributed by atoms with van der Waals surface area (Å²) in [6, 6.07) is 5.97. The van der Waals surface area contributed by atoms with E-state index < -0.39 is 0 Å². The molecule has 0 aliphatic heterocycles. The van der Waals surface area contributed by atoms with Crippen molar-refractivity contribution >= 4 is 11.0 Å². The predicted octanol–water partition coefficient (Wildman–Crippen LogP) is 1.79. The van der Waals surface area contributed by atoms with Crippen molar-refractivity contribution in [1.29, 1.82) is 0 Å². The molecule has 0 atom stereocenters. The molecular formula is C10H12N2O2. The molecule has 2 aromatic rings. The van der Waals surface area contributed by atoms with Crippen LogP contribution in [0.5, 0.6) is 0 Å². The molecule has 0 fully saturated rings. The van der Waals surface area contributed by atoms with Crippen molar-refractivity contribution in [1.82, 2.24) is 10.6 Å². The molecule has 0 saturated heterocycles. The lowest BCUT2D eigenvalue weighted by Crippen LogP contribution is -2.10. The number of hydrogen-bond donors (Lipinski definition) is 1. The van der Waals surface area contributed by atoms with E-state index >= 15 is 0 Å². The molecule has 1 heterocycles. The van der Waals surface area contributed by atoms with E-state index in [-0.39, 0.29) is 0 Å². The first-order valence-corrected chi connectivity index (χ1v) is 4.42. The maximum Gasteiger partial charge on any atom is 0.171 e. The highest BCUT2D eigenvalue weighted by atomic mass is 16.6. The van der Waals surface area contributed by atoms with Crippen molar-refractivity contribution in [2.24, 2.45) is 0 Å². The Morgan fingerprint density at radius 1 is 1.50 bits per heavy atom. The molecule has 74 valence electrons. The van der Waals surface area contributed by atoms with E-state index in [2.05, 4.69) is 10.6 Å². The van der Waals surface area contributed by atoms with E-state index in [0.29, 0.717) is 6.54 Å². The zero-order chi connectivity index (χ0) is 9.97. The van der Waals surface area contributed by atoms with Crippen LogP contribution < -0.4 is 5.48 Å². The van der Waals surface area contributed by atoms with Gasteiger partial charge in [-0.3, -0.25) is 0 Å². The summed E-state index contributed by atoms with van der Waals surface area (Å²) in [5.74, 6) is 0. The third-order valence-corrected chi connectivity index (χ3v) is 2.17. The highest BCUT2D eigenvalue weighted by Crippen LogP contribution is 2.21. The van der Waals surface area contributed by atoms with Crippen LogP contribution >= 0.6 is 0 Å². The first-order valence-electron chi connectivity index (χ1n) is 4.42. The molecule has 14 heavy (non-hydrogen) atoms. The molecule has 0 amide bonds. The van der Waals surface area contributed by atoms with Gasteiger partial charge >= 0.3 is 0 Å². The van der Waals surface area contributed by atoms with Gasteiger partial charge in [-0.1, -0.05) is 17.3 Å². The van der Waals surface area contributed by atoms with Crippen LogP contribution in [0.4, 0.5) is 0 Å². The lowest BCUT2D eigenvalue weighted by Gasteiger charge is -2.01. The molecule has 1 aromatic heterocycles. The Bertz CT molecular complexity index is 437. The van der Waals surface area contributed by atoms with Gasteiger partial charge in [0.15, 0.2) is 5.58 Å². The average molecular weight is 192 g/mol. The molecule has 4 heteroatoms. The van der Waals surface area contributed by atoms with Crippen molar-refractivity contribution in [2.45, 2.75) is 13.5 Å². The molecule has 2 rings (SSSR count). The predicted molar refractivity (Wildman–Crippen MR) is 52.6 cm³/mol. The van der Waals surface area contributed by atoms with Gasteiger partial charge in [-0.25, -0.2) is 0 Å². The van der Waals surface area contributed by atoms with E-state index in [1.54, 1.807) is 7.11 Å². The third-order valence-electron chi connectivity index (χ3n) is 2.17. The van der Waals surface area contributed by atoms with Crippen LogP contribution in [0.2, 0.25) is 0 Å². The zero-order valence-corrected chi connectivity index (χ0v) is 8.20. The highest BCUT2D eigenvalue weighted by molar-refractivity contribution is 5.82. The minimum absolute atomic E-state index is 0.614. The molecule has 0 aliphatic rings. The van der Waals surface area contributed by atoms with Crippen LogP contribution in [0.25, 0.3) is 11.0 Å². The van der Waals surface area contributed by atoms with Crippen molar-refractivity contribution in [2.75, 3.05) is 7.11 Å². The molecule has 0 unspecified atom stereocenters. The van der Waals surface area contributed by atoms with E-state index in [4.69, 9.17) is 9.36 Å². The zero-order valence-electron chi connectivity index (χ0n) is 8.20. The minimum atomic E-state index is 0.614. The maximum absolute atomic E-state index is 5.23. The summed E-state index contributed by atoms with van der Waals surface area (Å²) in [7, 11) is 1.59. The summed E-state index contributed by atoms with van der Waals surface area (Å²) in [4.78, 5) is 4.79. The highest BCUT2D eigenvalue weighted by Gasteiger charge is 2.07. The largest absolute Gasteiger partial charge is 0.356 e. The number of benzene rings is 1. The number of nitrogens with zero attached hydrogens (tertiary/aromatic N) is 1. The monoisotopic (exact) mass is 192 g/mol. The summed E-state index contributed by atoms with van der Waals surface area (Å²) >= 11 is 0. The standard InChI is InChI=1S/C10H12N2O2/c1-7-9-5-3-4-8(6-11-13-2)10(9)14-12-7/h3-5,11H,6H2,1-2H3. The molecule has 1 N–H and O–H groups in total. The van der Waals surface area contributed by atoms with Crippen LogP contribution in [0.3, 0.4) is 0 Å². The summed E-state index contributed by atoms with van der Waals surface area (Å²) in [5, 5.41) is 4.98. The second-order valence-electron chi connectivity index (χ2n) is 3.09. The fourth-order valence-electron chi connectivity index (χ4n) is 1.43. The van der Waals surface area contributed by atoms with Crippen LogP contribution in [0.1, 0.15) is 11.3 Å². The molecule has 0 saturated carbocycles. The SMILES string of the molecule is CONCc1cccc2c(C)noc12. The molecular weight excluding hydrogens is 180 g/mol. The summed E-state index contributed by atoms with van der Waals surface area (Å²) in [6.45, 7) is 2.54. The molecule has 0 bridgehead atoms. The van der Waals surface area contributed by atoms with Gasteiger partial charge in [0.1, 0.15) is 0 Å². The Labute approximate surface area is 81.8 Å². The van der Waals surface area contributed by atoms with Gasteiger partial charge in [0.25, 0.3) is 0 Å². The Morgan fingerprint density at radius 3 is 3.14 bits per heavy atom. The van der Waals surface area contributed by atoms with Crippen molar-refractivity contribution < 1.29 is 9.36 Å². The number of fused-ring (bicyclic) bond motifs is 1. The summed E-state index contributed by atoms with van der Waals surface area (Å²) < 4.78 is 5.23. The first kappa shape index (κ1) is 9.18. The smallest absolute Gasteiger partial charge is 0.171 e. The van der Waals surface area contributed by atoms with Crippen LogP contribution in [0, 0.1) is 6.92 Å². The van der Waals surface area contributed by atoms with Crippen molar-refractivity contribution in [3.8, 4) is 0 Å². The Hall–Kier alpha value is -1.39. The molecule has 0 aliphatic carbocycles. The van der Waals surface area contributed by atoms with Gasteiger partial charge in [0.05, 0.1) is 12.8 Å². The fraction of sp³-hybridized carbons (Fsp3) is 0.300.